The lowest BCUT2D eigenvalue weighted by Gasteiger charge is -2.05. The van der Waals surface area contributed by atoms with Crippen LogP contribution in [0.2, 0.25) is 0 Å². The van der Waals surface area contributed by atoms with Gasteiger partial charge in [0.15, 0.2) is 0 Å². The third-order valence-corrected chi connectivity index (χ3v) is 2.15. The Hall–Kier alpha value is -0.890. The zero-order valence-electron chi connectivity index (χ0n) is 7.80. The lowest BCUT2D eigenvalue weighted by molar-refractivity contribution is 0.504. The monoisotopic (exact) mass is 181 g/mol. The highest BCUT2D eigenvalue weighted by atomic mass is 19.1. The van der Waals surface area contributed by atoms with Crippen LogP contribution in [-0.2, 0) is 6.54 Å². The van der Waals surface area contributed by atoms with E-state index in [1.54, 1.807) is 12.1 Å². The summed E-state index contributed by atoms with van der Waals surface area (Å²) in [5.74, 6) is -0.216. The first kappa shape index (κ1) is 10.2. The fraction of sp³-hybridized carbons (Fsp3) is 0.455. The van der Waals surface area contributed by atoms with Gasteiger partial charge < -0.3 is 5.73 Å². The normalized spacial score (nSPS) is 14.0. The molecule has 0 amide bonds. The van der Waals surface area contributed by atoms with Crippen molar-refractivity contribution < 1.29 is 4.39 Å². The van der Waals surface area contributed by atoms with Crippen LogP contribution in [0.15, 0.2) is 24.3 Å². The predicted octanol–water partition coefficient (Wildman–Crippen LogP) is 2.84. The van der Waals surface area contributed by atoms with Crippen molar-refractivity contribution in [2.24, 2.45) is 5.73 Å². The molecular formula is C11H16FN. The minimum Gasteiger partial charge on any atom is -0.326 e. The summed E-state index contributed by atoms with van der Waals surface area (Å²) in [4.78, 5) is 0. The topological polar surface area (TPSA) is 26.0 Å². The lowest BCUT2D eigenvalue weighted by atomic mass is 10.0. The third-order valence-electron chi connectivity index (χ3n) is 2.15. The second-order valence-electron chi connectivity index (χ2n) is 3.24. The first-order chi connectivity index (χ1) is 6.33. The average Bonchev–Trinajstić information content (AvgIpc) is 2.03. The highest BCUT2D eigenvalue weighted by Crippen LogP contribution is 2.15. The Bertz CT molecular complexity index is 222. The fourth-order valence-electron chi connectivity index (χ4n) is 0.870. The Morgan fingerprint density at radius 1 is 1.00 bits per heavy atom. The molecule has 0 bridgehead atoms. The molecule has 1 aromatic carbocycles. The lowest BCUT2D eigenvalue weighted by Crippen LogP contribution is -1.94. The van der Waals surface area contributed by atoms with Crippen LogP contribution in [0.25, 0.3) is 0 Å². The highest BCUT2D eigenvalue weighted by Gasteiger charge is 1.95. The van der Waals surface area contributed by atoms with Gasteiger partial charge in [-0.2, -0.15) is 0 Å². The first-order valence-corrected chi connectivity index (χ1v) is 4.77. The summed E-state index contributed by atoms with van der Waals surface area (Å²) in [6.07, 6.45) is 6.00. The molecule has 1 aliphatic carbocycles. The van der Waals surface area contributed by atoms with Crippen molar-refractivity contribution in [2.45, 2.75) is 32.2 Å². The zero-order valence-corrected chi connectivity index (χ0v) is 7.80. The molecule has 2 rings (SSSR count). The van der Waals surface area contributed by atoms with Gasteiger partial charge in [0.25, 0.3) is 0 Å². The molecule has 2 N–H and O–H groups in total. The predicted molar refractivity (Wildman–Crippen MR) is 52.8 cm³/mol. The largest absolute Gasteiger partial charge is 0.326 e. The fourth-order valence-corrected chi connectivity index (χ4v) is 0.870. The van der Waals surface area contributed by atoms with Crippen LogP contribution in [0, 0.1) is 5.82 Å². The van der Waals surface area contributed by atoms with E-state index in [0.717, 1.165) is 5.56 Å². The summed E-state index contributed by atoms with van der Waals surface area (Å²) < 4.78 is 12.2. The summed E-state index contributed by atoms with van der Waals surface area (Å²) in [6, 6.07) is 6.16. The number of hydrogen-bond acceptors (Lipinski definition) is 1. The second-order valence-corrected chi connectivity index (χ2v) is 3.24. The second kappa shape index (κ2) is 5.70. The van der Waals surface area contributed by atoms with Crippen molar-refractivity contribution in [3.05, 3.63) is 35.6 Å². The summed E-state index contributed by atoms with van der Waals surface area (Å²) >= 11 is 0. The van der Waals surface area contributed by atoms with Crippen LogP contribution in [-0.4, -0.2) is 0 Å². The Morgan fingerprint density at radius 2 is 1.46 bits per heavy atom. The van der Waals surface area contributed by atoms with Gasteiger partial charge in [-0.15, -0.1) is 0 Å². The molecule has 1 saturated carbocycles. The van der Waals surface area contributed by atoms with Crippen molar-refractivity contribution in [2.75, 3.05) is 0 Å². The number of halogens is 1. The maximum Gasteiger partial charge on any atom is 0.123 e. The van der Waals surface area contributed by atoms with Gasteiger partial charge in [-0.1, -0.05) is 37.8 Å². The van der Waals surface area contributed by atoms with Crippen LogP contribution >= 0.6 is 0 Å². The molecule has 1 fully saturated rings. The highest BCUT2D eigenvalue weighted by molar-refractivity contribution is 5.15. The average molecular weight is 181 g/mol. The number of benzene rings is 1. The van der Waals surface area contributed by atoms with E-state index in [-0.39, 0.29) is 5.82 Å². The quantitative estimate of drug-likeness (QED) is 0.708. The molecule has 1 aliphatic rings. The molecule has 1 aromatic rings. The minimum absolute atomic E-state index is 0.216. The first-order valence-electron chi connectivity index (χ1n) is 4.77. The Labute approximate surface area is 78.8 Å². The van der Waals surface area contributed by atoms with Crippen molar-refractivity contribution in [3.63, 3.8) is 0 Å². The van der Waals surface area contributed by atoms with Crippen LogP contribution in [0.1, 0.15) is 31.2 Å². The molecule has 1 nitrogen and oxygen atoms in total. The van der Waals surface area contributed by atoms with E-state index >= 15 is 0 Å². The van der Waals surface area contributed by atoms with Crippen molar-refractivity contribution in [3.8, 4) is 0 Å². The van der Waals surface area contributed by atoms with Gasteiger partial charge in [-0.3, -0.25) is 0 Å². The summed E-state index contributed by atoms with van der Waals surface area (Å²) in [5, 5.41) is 0. The maximum atomic E-state index is 12.2. The van der Waals surface area contributed by atoms with Crippen LogP contribution < -0.4 is 5.73 Å². The molecule has 0 radical (unpaired) electrons. The smallest absolute Gasteiger partial charge is 0.123 e. The number of hydrogen-bond donors (Lipinski definition) is 1. The standard InChI is InChI=1S/C7H8FN.C4H8/c8-7-3-1-6(5-9)2-4-7;1-2-4-3-1/h1-4H,5,9H2;1-4H2. The molecule has 0 aliphatic heterocycles. The van der Waals surface area contributed by atoms with E-state index in [9.17, 15) is 4.39 Å². The summed E-state index contributed by atoms with van der Waals surface area (Å²) in [6.45, 7) is 0.472. The number of rotatable bonds is 1. The molecule has 0 aromatic heterocycles. The molecule has 0 unspecified atom stereocenters. The Balaban J connectivity index is 0.000000175. The molecule has 0 saturated heterocycles. The minimum atomic E-state index is -0.216. The van der Waals surface area contributed by atoms with Gasteiger partial charge in [0, 0.05) is 6.54 Å². The molecule has 0 heterocycles. The van der Waals surface area contributed by atoms with Crippen LogP contribution in [0.3, 0.4) is 0 Å². The van der Waals surface area contributed by atoms with E-state index in [2.05, 4.69) is 0 Å². The molecule has 2 heteroatoms. The third kappa shape index (κ3) is 4.04. The summed E-state index contributed by atoms with van der Waals surface area (Å²) in [5.41, 5.74) is 6.23. The van der Waals surface area contributed by atoms with E-state index in [0.29, 0.717) is 6.54 Å². The maximum absolute atomic E-state index is 12.2. The molecule has 0 spiro atoms. The molecule has 13 heavy (non-hydrogen) atoms. The van der Waals surface area contributed by atoms with Crippen LogP contribution in [0.5, 0.6) is 0 Å². The van der Waals surface area contributed by atoms with E-state index in [1.165, 1.54) is 37.8 Å². The zero-order chi connectivity index (χ0) is 9.52. The van der Waals surface area contributed by atoms with Gasteiger partial charge in [0.1, 0.15) is 5.82 Å². The van der Waals surface area contributed by atoms with E-state index < -0.39 is 0 Å². The van der Waals surface area contributed by atoms with Crippen molar-refractivity contribution >= 4 is 0 Å². The van der Waals surface area contributed by atoms with E-state index in [1.807, 2.05) is 0 Å². The van der Waals surface area contributed by atoms with Crippen LogP contribution in [0.4, 0.5) is 4.39 Å². The number of nitrogens with two attached hydrogens (primary N) is 1. The van der Waals surface area contributed by atoms with Gasteiger partial charge in [0.2, 0.25) is 0 Å². The Morgan fingerprint density at radius 3 is 1.77 bits per heavy atom. The van der Waals surface area contributed by atoms with Gasteiger partial charge in [-0.25, -0.2) is 4.39 Å². The Kier molecular flexibility index (Phi) is 4.47. The molecule has 72 valence electrons. The molecular weight excluding hydrogens is 165 g/mol. The summed E-state index contributed by atoms with van der Waals surface area (Å²) in [7, 11) is 0. The van der Waals surface area contributed by atoms with E-state index in [4.69, 9.17) is 5.73 Å². The SMILES string of the molecule is C1CCC1.NCc1ccc(F)cc1. The van der Waals surface area contributed by atoms with Gasteiger partial charge >= 0.3 is 0 Å². The van der Waals surface area contributed by atoms with Gasteiger partial charge in [-0.05, 0) is 17.7 Å². The van der Waals surface area contributed by atoms with Crippen molar-refractivity contribution in [1.82, 2.24) is 0 Å². The van der Waals surface area contributed by atoms with Crippen molar-refractivity contribution in [1.29, 1.82) is 0 Å². The molecule has 0 atom stereocenters. The van der Waals surface area contributed by atoms with Gasteiger partial charge in [0.05, 0.1) is 0 Å².